The van der Waals surface area contributed by atoms with Crippen LogP contribution in [-0.2, 0) is 0 Å². The maximum atomic E-state index is 4.16. The lowest BCUT2D eigenvalue weighted by Gasteiger charge is -2.09. The van der Waals surface area contributed by atoms with Crippen molar-refractivity contribution in [1.82, 2.24) is 10.2 Å². The van der Waals surface area contributed by atoms with E-state index in [1.165, 1.54) is 16.3 Å². The Morgan fingerprint density at radius 2 is 1.53 bits per heavy atom. The second-order valence-electron chi connectivity index (χ2n) is 4.33. The average Bonchev–Trinajstić information content (AvgIpc) is 2.23. The van der Waals surface area contributed by atoms with Gasteiger partial charge in [0, 0.05) is 10.8 Å². The Balaban J connectivity index is 2.76. The highest BCUT2D eigenvalue weighted by Gasteiger charge is 2.06. The Labute approximate surface area is 90.3 Å². The van der Waals surface area contributed by atoms with E-state index in [1.807, 2.05) is 13.8 Å². The molecule has 0 amide bonds. The maximum Gasteiger partial charge on any atom is 0.0678 e. The molecule has 2 aromatic rings. The number of hydrogen-bond donors (Lipinski definition) is 0. The minimum absolute atomic E-state index is 0.558. The Morgan fingerprint density at radius 3 is 2.13 bits per heavy atom. The second-order valence-corrected chi connectivity index (χ2v) is 4.33. The van der Waals surface area contributed by atoms with Crippen molar-refractivity contribution >= 4 is 10.8 Å². The van der Waals surface area contributed by atoms with Crippen LogP contribution in [0.1, 0.15) is 36.7 Å². The average molecular weight is 200 g/mol. The molecule has 0 bridgehead atoms. The number of fused-ring (bicyclic) bond motifs is 1. The Bertz CT molecular complexity index is 501. The molecule has 0 radical (unpaired) electrons. The normalized spacial score (nSPS) is 11.3. The van der Waals surface area contributed by atoms with Gasteiger partial charge in [0.15, 0.2) is 0 Å². The van der Waals surface area contributed by atoms with E-state index in [-0.39, 0.29) is 0 Å². The monoisotopic (exact) mass is 200 g/mol. The quantitative estimate of drug-likeness (QED) is 0.705. The zero-order valence-corrected chi connectivity index (χ0v) is 9.70. The molecule has 1 aromatic carbocycles. The summed E-state index contributed by atoms with van der Waals surface area (Å²) < 4.78 is 0. The van der Waals surface area contributed by atoms with E-state index in [0.717, 1.165) is 11.4 Å². The Hall–Kier alpha value is -1.44. The largest absolute Gasteiger partial charge is 0.155 e. The summed E-state index contributed by atoms with van der Waals surface area (Å²) in [5.74, 6) is 0.558. The Morgan fingerprint density at radius 1 is 0.933 bits per heavy atom. The minimum atomic E-state index is 0.558. The molecule has 0 spiro atoms. The van der Waals surface area contributed by atoms with Crippen LogP contribution in [0, 0.1) is 13.8 Å². The highest BCUT2D eigenvalue weighted by molar-refractivity contribution is 5.86. The first-order valence-corrected chi connectivity index (χ1v) is 5.33. The van der Waals surface area contributed by atoms with Crippen LogP contribution in [0.5, 0.6) is 0 Å². The predicted octanol–water partition coefficient (Wildman–Crippen LogP) is 3.37. The second kappa shape index (κ2) is 3.61. The van der Waals surface area contributed by atoms with Crippen molar-refractivity contribution in [3.63, 3.8) is 0 Å². The highest BCUT2D eigenvalue weighted by Crippen LogP contribution is 2.23. The molecule has 0 saturated heterocycles. The first-order chi connectivity index (χ1) is 7.09. The molecule has 1 heterocycles. The third-order valence-corrected chi connectivity index (χ3v) is 2.84. The van der Waals surface area contributed by atoms with Gasteiger partial charge in [-0.05, 0) is 31.4 Å². The van der Waals surface area contributed by atoms with Gasteiger partial charge in [-0.15, -0.1) is 0 Å². The zero-order chi connectivity index (χ0) is 11.0. The molecule has 0 aliphatic heterocycles. The molecule has 2 rings (SSSR count). The summed E-state index contributed by atoms with van der Waals surface area (Å²) in [6.45, 7) is 8.43. The highest BCUT2D eigenvalue weighted by atomic mass is 15.1. The molecule has 0 fully saturated rings. The van der Waals surface area contributed by atoms with Crippen LogP contribution in [0.25, 0.3) is 10.8 Å². The van der Waals surface area contributed by atoms with Gasteiger partial charge in [-0.3, -0.25) is 0 Å². The molecule has 0 aliphatic carbocycles. The lowest BCUT2D eigenvalue weighted by atomic mass is 9.99. The van der Waals surface area contributed by atoms with Crippen molar-refractivity contribution in [1.29, 1.82) is 0 Å². The predicted molar refractivity (Wildman–Crippen MR) is 63.1 cm³/mol. The summed E-state index contributed by atoms with van der Waals surface area (Å²) in [7, 11) is 0. The topological polar surface area (TPSA) is 25.8 Å². The number of benzene rings is 1. The number of nitrogens with zero attached hydrogens (tertiary/aromatic N) is 2. The molecule has 15 heavy (non-hydrogen) atoms. The summed E-state index contributed by atoms with van der Waals surface area (Å²) in [5, 5.41) is 10.7. The van der Waals surface area contributed by atoms with Gasteiger partial charge in [-0.25, -0.2) is 0 Å². The van der Waals surface area contributed by atoms with Gasteiger partial charge in [0.1, 0.15) is 0 Å². The van der Waals surface area contributed by atoms with Crippen molar-refractivity contribution in [2.24, 2.45) is 0 Å². The number of hydrogen-bond acceptors (Lipinski definition) is 2. The summed E-state index contributed by atoms with van der Waals surface area (Å²) >= 11 is 0. The number of rotatable bonds is 1. The van der Waals surface area contributed by atoms with Gasteiger partial charge in [0.25, 0.3) is 0 Å². The molecular formula is C13H16N2. The van der Waals surface area contributed by atoms with Crippen molar-refractivity contribution in [3.05, 3.63) is 35.2 Å². The molecule has 0 unspecified atom stereocenters. The van der Waals surface area contributed by atoms with Crippen LogP contribution in [0.3, 0.4) is 0 Å². The fourth-order valence-corrected chi connectivity index (χ4v) is 1.79. The molecule has 0 saturated carbocycles. The molecule has 0 atom stereocenters. The summed E-state index contributed by atoms with van der Waals surface area (Å²) in [6.07, 6.45) is 0. The van der Waals surface area contributed by atoms with E-state index in [4.69, 9.17) is 0 Å². The Kier molecular flexibility index (Phi) is 2.43. The molecule has 0 aliphatic rings. The minimum Gasteiger partial charge on any atom is -0.155 e. The molecule has 1 aromatic heterocycles. The van der Waals surface area contributed by atoms with Crippen molar-refractivity contribution in [2.45, 2.75) is 33.6 Å². The van der Waals surface area contributed by atoms with Crippen LogP contribution in [0.15, 0.2) is 18.2 Å². The van der Waals surface area contributed by atoms with E-state index in [9.17, 15) is 0 Å². The van der Waals surface area contributed by atoms with Gasteiger partial charge in [-0.1, -0.05) is 26.0 Å². The fraction of sp³-hybridized carbons (Fsp3) is 0.385. The molecule has 78 valence electrons. The lowest BCUT2D eigenvalue weighted by Crippen LogP contribution is -1.95. The standard InChI is InChI=1S/C13H16N2/c1-8(2)11-5-6-12-9(3)14-15-10(4)13(12)7-11/h5-8H,1-4H3. The van der Waals surface area contributed by atoms with Gasteiger partial charge < -0.3 is 0 Å². The summed E-state index contributed by atoms with van der Waals surface area (Å²) in [4.78, 5) is 0. The molecule has 2 nitrogen and oxygen atoms in total. The lowest BCUT2D eigenvalue weighted by molar-refractivity contribution is 0.867. The van der Waals surface area contributed by atoms with E-state index in [1.54, 1.807) is 0 Å². The molecule has 0 N–H and O–H groups in total. The van der Waals surface area contributed by atoms with Crippen LogP contribution in [0.4, 0.5) is 0 Å². The van der Waals surface area contributed by atoms with Gasteiger partial charge in [0.05, 0.1) is 11.4 Å². The van der Waals surface area contributed by atoms with Gasteiger partial charge in [-0.2, -0.15) is 10.2 Å². The zero-order valence-electron chi connectivity index (χ0n) is 9.70. The van der Waals surface area contributed by atoms with Gasteiger partial charge in [0.2, 0.25) is 0 Å². The van der Waals surface area contributed by atoms with Crippen LogP contribution >= 0.6 is 0 Å². The fourth-order valence-electron chi connectivity index (χ4n) is 1.79. The van der Waals surface area contributed by atoms with Crippen LogP contribution in [0.2, 0.25) is 0 Å². The van der Waals surface area contributed by atoms with E-state index in [2.05, 4.69) is 42.2 Å². The maximum absolute atomic E-state index is 4.16. The van der Waals surface area contributed by atoms with Crippen molar-refractivity contribution in [2.75, 3.05) is 0 Å². The first kappa shape index (κ1) is 10.1. The van der Waals surface area contributed by atoms with Crippen LogP contribution < -0.4 is 0 Å². The molecular weight excluding hydrogens is 184 g/mol. The SMILES string of the molecule is Cc1nnc(C)c2cc(C(C)C)ccc12. The third kappa shape index (κ3) is 1.72. The summed E-state index contributed by atoms with van der Waals surface area (Å²) in [6, 6.07) is 6.57. The van der Waals surface area contributed by atoms with Crippen LogP contribution in [-0.4, -0.2) is 10.2 Å². The van der Waals surface area contributed by atoms with Gasteiger partial charge >= 0.3 is 0 Å². The van der Waals surface area contributed by atoms with Crippen molar-refractivity contribution in [3.8, 4) is 0 Å². The number of aryl methyl sites for hydroxylation is 2. The van der Waals surface area contributed by atoms with E-state index in [0.29, 0.717) is 5.92 Å². The van der Waals surface area contributed by atoms with E-state index >= 15 is 0 Å². The molecule has 2 heteroatoms. The van der Waals surface area contributed by atoms with Crippen molar-refractivity contribution < 1.29 is 0 Å². The smallest absolute Gasteiger partial charge is 0.0678 e. The number of aromatic nitrogens is 2. The first-order valence-electron chi connectivity index (χ1n) is 5.33. The van der Waals surface area contributed by atoms with E-state index < -0.39 is 0 Å². The third-order valence-electron chi connectivity index (χ3n) is 2.84. The summed E-state index contributed by atoms with van der Waals surface area (Å²) in [5.41, 5.74) is 3.38.